The molecule has 0 bridgehead atoms. The zero-order valence-electron chi connectivity index (χ0n) is 9.12. The zero-order valence-corrected chi connectivity index (χ0v) is 9.12. The Morgan fingerprint density at radius 2 is 2.29 bits per heavy atom. The van der Waals surface area contributed by atoms with Crippen molar-refractivity contribution in [3.05, 3.63) is 51.9 Å². The van der Waals surface area contributed by atoms with E-state index < -0.39 is 4.92 Å². The lowest BCUT2D eigenvalue weighted by molar-refractivity contribution is -0.384. The lowest BCUT2D eigenvalue weighted by Crippen LogP contribution is -1.95. The first-order valence-electron chi connectivity index (χ1n) is 4.94. The number of aromatic nitrogens is 1. The van der Waals surface area contributed by atoms with Crippen LogP contribution in [0, 0.1) is 17.0 Å². The molecule has 6 heteroatoms. The van der Waals surface area contributed by atoms with Crippen LogP contribution in [0.25, 0.3) is 0 Å². The fourth-order valence-electron chi connectivity index (χ4n) is 1.33. The predicted molar refractivity (Wildman–Crippen MR) is 58.7 cm³/mol. The van der Waals surface area contributed by atoms with Crippen molar-refractivity contribution in [2.75, 3.05) is 0 Å². The Kier molecular flexibility index (Phi) is 3.04. The zero-order chi connectivity index (χ0) is 12.3. The largest absolute Gasteiger partial charge is 0.485 e. The molecule has 0 aliphatic rings. The summed E-state index contributed by atoms with van der Waals surface area (Å²) in [7, 11) is 0. The van der Waals surface area contributed by atoms with Gasteiger partial charge < -0.3 is 9.26 Å². The standard InChI is InChI=1S/C11H10N2O4/c1-8-5-11(17-12-8)7-16-10-4-2-3-9(6-10)13(14)15/h2-6H,7H2,1H3. The van der Waals surface area contributed by atoms with Gasteiger partial charge in [-0.1, -0.05) is 11.2 Å². The van der Waals surface area contributed by atoms with Crippen molar-refractivity contribution in [2.45, 2.75) is 13.5 Å². The van der Waals surface area contributed by atoms with Crippen LogP contribution in [0.5, 0.6) is 5.75 Å². The Bertz CT molecular complexity index is 536. The van der Waals surface area contributed by atoms with Gasteiger partial charge in [-0.25, -0.2) is 0 Å². The van der Waals surface area contributed by atoms with Crippen molar-refractivity contribution in [1.82, 2.24) is 5.16 Å². The SMILES string of the molecule is Cc1cc(COc2cccc([N+](=O)[O-])c2)on1. The van der Waals surface area contributed by atoms with Crippen LogP contribution in [-0.4, -0.2) is 10.1 Å². The number of hydrogen-bond acceptors (Lipinski definition) is 5. The molecule has 1 aromatic heterocycles. The van der Waals surface area contributed by atoms with Crippen LogP contribution in [0.15, 0.2) is 34.9 Å². The van der Waals surface area contributed by atoms with Gasteiger partial charge in [0, 0.05) is 12.1 Å². The molecular weight excluding hydrogens is 224 g/mol. The molecule has 2 rings (SSSR count). The molecule has 0 spiro atoms. The lowest BCUT2D eigenvalue weighted by Gasteiger charge is -2.02. The molecule has 0 saturated heterocycles. The van der Waals surface area contributed by atoms with Crippen molar-refractivity contribution in [3.8, 4) is 5.75 Å². The molecule has 17 heavy (non-hydrogen) atoms. The van der Waals surface area contributed by atoms with Crippen LogP contribution in [0.1, 0.15) is 11.5 Å². The molecular formula is C11H10N2O4. The smallest absolute Gasteiger partial charge is 0.273 e. The summed E-state index contributed by atoms with van der Waals surface area (Å²) in [5.41, 5.74) is 0.763. The Hall–Kier alpha value is -2.37. The first-order chi connectivity index (χ1) is 8.15. The van der Waals surface area contributed by atoms with Crippen LogP contribution in [0.4, 0.5) is 5.69 Å². The second-order valence-corrected chi connectivity index (χ2v) is 3.48. The highest BCUT2D eigenvalue weighted by molar-refractivity contribution is 5.37. The molecule has 0 amide bonds. The summed E-state index contributed by atoms with van der Waals surface area (Å²) in [6.45, 7) is 2.00. The highest BCUT2D eigenvalue weighted by Gasteiger charge is 2.07. The van der Waals surface area contributed by atoms with Crippen molar-refractivity contribution >= 4 is 5.69 Å². The number of nitrogens with zero attached hydrogens (tertiary/aromatic N) is 2. The van der Waals surface area contributed by atoms with Crippen molar-refractivity contribution in [3.63, 3.8) is 0 Å². The first-order valence-corrected chi connectivity index (χ1v) is 4.94. The van der Waals surface area contributed by atoms with E-state index in [0.717, 1.165) is 5.69 Å². The summed E-state index contributed by atoms with van der Waals surface area (Å²) in [6, 6.07) is 7.74. The topological polar surface area (TPSA) is 78.4 Å². The summed E-state index contributed by atoms with van der Waals surface area (Å²) >= 11 is 0. The van der Waals surface area contributed by atoms with Gasteiger partial charge in [-0.2, -0.15) is 0 Å². The van der Waals surface area contributed by atoms with Crippen LogP contribution in [0.3, 0.4) is 0 Å². The van der Waals surface area contributed by atoms with Crippen molar-refractivity contribution in [2.24, 2.45) is 0 Å². The fourth-order valence-corrected chi connectivity index (χ4v) is 1.33. The number of hydrogen-bond donors (Lipinski definition) is 0. The second kappa shape index (κ2) is 4.65. The van der Waals surface area contributed by atoms with Crippen LogP contribution in [-0.2, 0) is 6.61 Å². The predicted octanol–water partition coefficient (Wildman–Crippen LogP) is 2.47. The van der Waals surface area contributed by atoms with E-state index in [1.54, 1.807) is 25.1 Å². The molecule has 0 atom stereocenters. The van der Waals surface area contributed by atoms with Crippen LogP contribution >= 0.6 is 0 Å². The summed E-state index contributed by atoms with van der Waals surface area (Å²) in [4.78, 5) is 10.1. The van der Waals surface area contributed by atoms with Crippen LogP contribution in [0.2, 0.25) is 0 Å². The molecule has 0 N–H and O–H groups in total. The maximum atomic E-state index is 10.6. The first kappa shape index (κ1) is 11.1. The maximum Gasteiger partial charge on any atom is 0.273 e. The molecule has 2 aromatic rings. The lowest BCUT2D eigenvalue weighted by atomic mass is 10.3. The molecule has 88 valence electrons. The third kappa shape index (κ3) is 2.81. The van der Waals surface area contributed by atoms with Crippen molar-refractivity contribution in [1.29, 1.82) is 0 Å². The van der Waals surface area contributed by atoms with Gasteiger partial charge in [-0.05, 0) is 13.0 Å². The Labute approximate surface area is 97.0 Å². The minimum Gasteiger partial charge on any atom is -0.485 e. The van der Waals surface area contributed by atoms with Crippen molar-refractivity contribution < 1.29 is 14.2 Å². The summed E-state index contributed by atoms with van der Waals surface area (Å²) in [6.07, 6.45) is 0. The van der Waals surface area contributed by atoms with Gasteiger partial charge in [0.15, 0.2) is 5.76 Å². The van der Waals surface area contributed by atoms with Crippen LogP contribution < -0.4 is 4.74 Å². The molecule has 1 heterocycles. The fraction of sp³-hybridized carbons (Fsp3) is 0.182. The normalized spacial score (nSPS) is 10.2. The third-order valence-electron chi connectivity index (χ3n) is 2.09. The van der Waals surface area contributed by atoms with Gasteiger partial charge in [0.1, 0.15) is 12.4 Å². The Morgan fingerprint density at radius 1 is 1.47 bits per heavy atom. The molecule has 0 unspecified atom stereocenters. The number of ether oxygens (including phenoxy) is 1. The Balaban J connectivity index is 2.04. The van der Waals surface area contributed by atoms with E-state index in [1.807, 2.05) is 0 Å². The average Bonchev–Trinajstić information content (AvgIpc) is 2.73. The Morgan fingerprint density at radius 3 is 2.94 bits per heavy atom. The monoisotopic (exact) mass is 234 g/mol. The third-order valence-corrected chi connectivity index (χ3v) is 2.09. The van der Waals surface area contributed by atoms with Gasteiger partial charge in [-0.15, -0.1) is 0 Å². The molecule has 0 aliphatic heterocycles. The summed E-state index contributed by atoms with van der Waals surface area (Å²) < 4.78 is 10.3. The molecule has 0 saturated carbocycles. The van der Waals surface area contributed by atoms with E-state index >= 15 is 0 Å². The second-order valence-electron chi connectivity index (χ2n) is 3.48. The molecule has 0 radical (unpaired) electrons. The average molecular weight is 234 g/mol. The van der Waals surface area contributed by atoms with E-state index in [-0.39, 0.29) is 12.3 Å². The van der Waals surface area contributed by atoms with E-state index in [9.17, 15) is 10.1 Å². The number of rotatable bonds is 4. The summed E-state index contributed by atoms with van der Waals surface area (Å²) in [5, 5.41) is 14.3. The van der Waals surface area contributed by atoms with Gasteiger partial charge >= 0.3 is 0 Å². The minimum atomic E-state index is -0.467. The van der Waals surface area contributed by atoms with E-state index in [1.165, 1.54) is 12.1 Å². The van der Waals surface area contributed by atoms with E-state index in [4.69, 9.17) is 9.26 Å². The van der Waals surface area contributed by atoms with E-state index in [2.05, 4.69) is 5.16 Å². The quantitative estimate of drug-likeness (QED) is 0.599. The molecule has 1 aromatic carbocycles. The molecule has 6 nitrogen and oxygen atoms in total. The molecule has 0 aliphatic carbocycles. The number of nitro benzene ring substituents is 1. The van der Waals surface area contributed by atoms with Gasteiger partial charge in [0.25, 0.3) is 5.69 Å². The number of nitro groups is 1. The van der Waals surface area contributed by atoms with Gasteiger partial charge in [0.05, 0.1) is 16.7 Å². The van der Waals surface area contributed by atoms with Gasteiger partial charge in [0.2, 0.25) is 0 Å². The number of non-ortho nitro benzene ring substituents is 1. The van der Waals surface area contributed by atoms with E-state index in [0.29, 0.717) is 11.5 Å². The summed E-state index contributed by atoms with van der Waals surface area (Å²) in [5.74, 6) is 1.00. The van der Waals surface area contributed by atoms with Gasteiger partial charge in [-0.3, -0.25) is 10.1 Å². The maximum absolute atomic E-state index is 10.6. The minimum absolute atomic E-state index is 0.00347. The highest BCUT2D eigenvalue weighted by atomic mass is 16.6. The number of aryl methyl sites for hydroxylation is 1. The highest BCUT2D eigenvalue weighted by Crippen LogP contribution is 2.20. The molecule has 0 fully saturated rings. The number of benzene rings is 1.